The van der Waals surface area contributed by atoms with Crippen LogP contribution in [0.2, 0.25) is 0 Å². The van der Waals surface area contributed by atoms with Crippen LogP contribution < -0.4 is 5.32 Å². The predicted molar refractivity (Wildman–Crippen MR) is 94.5 cm³/mol. The molecule has 1 aromatic heterocycles. The summed E-state index contributed by atoms with van der Waals surface area (Å²) in [5.74, 6) is 0.399. The summed E-state index contributed by atoms with van der Waals surface area (Å²) in [5, 5.41) is 6.99. The first-order chi connectivity index (χ1) is 11.7. The van der Waals surface area contributed by atoms with Crippen molar-refractivity contribution >= 4 is 11.6 Å². The van der Waals surface area contributed by atoms with Crippen LogP contribution in [0.15, 0.2) is 61.2 Å². The topological polar surface area (TPSA) is 59.8 Å². The van der Waals surface area contributed by atoms with E-state index in [2.05, 4.69) is 41.4 Å². The molecule has 0 aliphatic heterocycles. The third kappa shape index (κ3) is 3.51. The van der Waals surface area contributed by atoms with E-state index in [1.807, 2.05) is 24.3 Å². The molecule has 0 fully saturated rings. The van der Waals surface area contributed by atoms with E-state index in [1.54, 1.807) is 23.1 Å². The first-order valence-electron chi connectivity index (χ1n) is 8.03. The van der Waals surface area contributed by atoms with Crippen molar-refractivity contribution in [3.63, 3.8) is 0 Å². The van der Waals surface area contributed by atoms with E-state index in [0.717, 1.165) is 17.8 Å². The van der Waals surface area contributed by atoms with E-state index < -0.39 is 0 Å². The Morgan fingerprint density at radius 3 is 2.42 bits per heavy atom. The second-order valence-electron chi connectivity index (χ2n) is 5.77. The van der Waals surface area contributed by atoms with Crippen LogP contribution in [0.1, 0.15) is 42.1 Å². The van der Waals surface area contributed by atoms with E-state index in [-0.39, 0.29) is 5.91 Å². The molecule has 0 saturated heterocycles. The number of anilines is 1. The molecule has 24 heavy (non-hydrogen) atoms. The zero-order valence-corrected chi connectivity index (χ0v) is 13.8. The van der Waals surface area contributed by atoms with E-state index >= 15 is 0 Å². The van der Waals surface area contributed by atoms with Crippen molar-refractivity contribution in [2.24, 2.45) is 0 Å². The Kier molecular flexibility index (Phi) is 4.70. The summed E-state index contributed by atoms with van der Waals surface area (Å²) in [6, 6.07) is 15.3. The summed E-state index contributed by atoms with van der Waals surface area (Å²) in [6.07, 6.45) is 4.20. The second-order valence-corrected chi connectivity index (χ2v) is 5.77. The van der Waals surface area contributed by atoms with Crippen LogP contribution >= 0.6 is 0 Å². The molecule has 0 spiro atoms. The smallest absolute Gasteiger partial charge is 0.255 e. The molecule has 0 aliphatic rings. The second kappa shape index (κ2) is 7.08. The lowest BCUT2D eigenvalue weighted by Crippen LogP contribution is -2.12. The van der Waals surface area contributed by atoms with Gasteiger partial charge in [0.1, 0.15) is 12.7 Å². The minimum atomic E-state index is -0.128. The molecule has 0 bridgehead atoms. The molecule has 3 rings (SSSR count). The average Bonchev–Trinajstić information content (AvgIpc) is 3.16. The normalized spacial score (nSPS) is 11.9. The number of carbonyl (C=O) groups is 1. The van der Waals surface area contributed by atoms with Gasteiger partial charge in [0.05, 0.1) is 5.69 Å². The van der Waals surface area contributed by atoms with Gasteiger partial charge in [0.15, 0.2) is 0 Å². The predicted octanol–water partition coefficient (Wildman–Crippen LogP) is 4.03. The first kappa shape index (κ1) is 15.9. The van der Waals surface area contributed by atoms with Gasteiger partial charge in [0.2, 0.25) is 0 Å². The fourth-order valence-corrected chi connectivity index (χ4v) is 2.44. The molecule has 1 N–H and O–H groups in total. The molecule has 122 valence electrons. The molecule has 0 saturated carbocycles. The summed E-state index contributed by atoms with van der Waals surface area (Å²) in [7, 11) is 0. The number of hydrogen-bond donors (Lipinski definition) is 1. The van der Waals surface area contributed by atoms with E-state index in [9.17, 15) is 4.79 Å². The maximum Gasteiger partial charge on any atom is 0.255 e. The summed E-state index contributed by atoms with van der Waals surface area (Å²) in [4.78, 5) is 16.3. The quantitative estimate of drug-likeness (QED) is 0.772. The van der Waals surface area contributed by atoms with E-state index in [4.69, 9.17) is 0 Å². The van der Waals surface area contributed by atoms with Crippen molar-refractivity contribution in [2.75, 3.05) is 5.32 Å². The van der Waals surface area contributed by atoms with Gasteiger partial charge < -0.3 is 5.32 Å². The van der Waals surface area contributed by atoms with Crippen LogP contribution in [0.4, 0.5) is 5.69 Å². The van der Waals surface area contributed by atoms with Crippen LogP contribution in [0.3, 0.4) is 0 Å². The summed E-state index contributed by atoms with van der Waals surface area (Å²) in [6.45, 7) is 4.37. The van der Waals surface area contributed by atoms with Crippen LogP contribution in [0.25, 0.3) is 5.69 Å². The summed E-state index contributed by atoms with van der Waals surface area (Å²) in [5.41, 5.74) is 3.55. The van der Waals surface area contributed by atoms with Gasteiger partial charge >= 0.3 is 0 Å². The van der Waals surface area contributed by atoms with Crippen molar-refractivity contribution in [1.29, 1.82) is 0 Å². The van der Waals surface area contributed by atoms with E-state index in [1.165, 1.54) is 11.9 Å². The Balaban J connectivity index is 1.68. The molecule has 5 nitrogen and oxygen atoms in total. The van der Waals surface area contributed by atoms with Crippen LogP contribution in [0.5, 0.6) is 0 Å². The molecule has 1 atom stereocenters. The average molecular weight is 320 g/mol. The number of carbonyl (C=O) groups excluding carboxylic acids is 1. The Morgan fingerprint density at radius 2 is 1.83 bits per heavy atom. The summed E-state index contributed by atoms with van der Waals surface area (Å²) >= 11 is 0. The highest BCUT2D eigenvalue weighted by atomic mass is 16.1. The van der Waals surface area contributed by atoms with E-state index in [0.29, 0.717) is 11.5 Å². The fraction of sp³-hybridized carbons (Fsp3) is 0.211. The number of aromatic nitrogens is 3. The van der Waals surface area contributed by atoms with Gasteiger partial charge in [-0.15, -0.1) is 0 Å². The van der Waals surface area contributed by atoms with Gasteiger partial charge in [-0.1, -0.05) is 26.0 Å². The van der Waals surface area contributed by atoms with Crippen molar-refractivity contribution in [1.82, 2.24) is 14.8 Å². The lowest BCUT2D eigenvalue weighted by molar-refractivity contribution is 0.102. The molecule has 3 aromatic rings. The Labute approximate surface area is 141 Å². The van der Waals surface area contributed by atoms with Gasteiger partial charge in [0, 0.05) is 11.3 Å². The molecule has 0 aliphatic carbocycles. The van der Waals surface area contributed by atoms with Crippen molar-refractivity contribution in [3.8, 4) is 5.69 Å². The zero-order chi connectivity index (χ0) is 16.9. The number of amides is 1. The molecular weight excluding hydrogens is 300 g/mol. The molecule has 5 heteroatoms. The minimum absolute atomic E-state index is 0.128. The minimum Gasteiger partial charge on any atom is -0.322 e. The van der Waals surface area contributed by atoms with Crippen molar-refractivity contribution < 1.29 is 4.79 Å². The van der Waals surface area contributed by atoms with Gasteiger partial charge in [-0.2, -0.15) is 5.10 Å². The van der Waals surface area contributed by atoms with Gasteiger partial charge in [-0.3, -0.25) is 4.79 Å². The first-order valence-corrected chi connectivity index (χ1v) is 8.03. The number of hydrogen-bond acceptors (Lipinski definition) is 3. The van der Waals surface area contributed by atoms with Gasteiger partial charge in [-0.05, 0) is 54.3 Å². The fourth-order valence-electron chi connectivity index (χ4n) is 2.44. The maximum absolute atomic E-state index is 12.3. The van der Waals surface area contributed by atoms with Crippen LogP contribution in [-0.4, -0.2) is 20.7 Å². The lowest BCUT2D eigenvalue weighted by atomic mass is 9.98. The molecule has 2 aromatic carbocycles. The number of nitrogens with zero attached hydrogens (tertiary/aromatic N) is 3. The molecule has 0 radical (unpaired) electrons. The largest absolute Gasteiger partial charge is 0.322 e. The third-order valence-electron chi connectivity index (χ3n) is 4.16. The number of nitrogens with one attached hydrogen (secondary N) is 1. The standard InChI is InChI=1S/C19H20N4O/c1-3-14(2)15-4-8-17(9-5-15)22-19(24)16-6-10-18(11-7-16)23-13-20-12-21-23/h4-14H,3H2,1-2H3,(H,22,24). The number of rotatable bonds is 5. The molecule has 1 unspecified atom stereocenters. The third-order valence-corrected chi connectivity index (χ3v) is 4.16. The lowest BCUT2D eigenvalue weighted by Gasteiger charge is -2.10. The van der Waals surface area contributed by atoms with Crippen LogP contribution in [0, 0.1) is 0 Å². The summed E-state index contributed by atoms with van der Waals surface area (Å²) < 4.78 is 1.65. The van der Waals surface area contributed by atoms with Gasteiger partial charge in [-0.25, -0.2) is 9.67 Å². The Morgan fingerprint density at radius 1 is 1.12 bits per heavy atom. The Bertz CT molecular complexity index is 792. The Hall–Kier alpha value is -2.95. The highest BCUT2D eigenvalue weighted by Gasteiger charge is 2.08. The number of benzene rings is 2. The highest BCUT2D eigenvalue weighted by molar-refractivity contribution is 6.04. The van der Waals surface area contributed by atoms with Gasteiger partial charge in [0.25, 0.3) is 5.91 Å². The SMILES string of the molecule is CCC(C)c1ccc(NC(=O)c2ccc(-n3cncn3)cc2)cc1. The zero-order valence-electron chi connectivity index (χ0n) is 13.8. The monoisotopic (exact) mass is 320 g/mol. The van der Waals surface area contributed by atoms with Crippen LogP contribution in [-0.2, 0) is 0 Å². The highest BCUT2D eigenvalue weighted by Crippen LogP contribution is 2.21. The maximum atomic E-state index is 12.3. The van der Waals surface area contributed by atoms with Crippen molar-refractivity contribution in [3.05, 3.63) is 72.3 Å². The molecule has 1 heterocycles. The molecular formula is C19H20N4O. The molecule has 1 amide bonds. The van der Waals surface area contributed by atoms with Crippen molar-refractivity contribution in [2.45, 2.75) is 26.2 Å².